The average molecular weight is 411 g/mol. The Bertz CT molecular complexity index is 1230. The van der Waals surface area contributed by atoms with Crippen molar-refractivity contribution >= 4 is 17.4 Å². The molecule has 31 heavy (non-hydrogen) atoms. The maximum absolute atomic E-state index is 13.2. The number of ketones is 1. The number of aromatic nitrogens is 2. The van der Waals surface area contributed by atoms with Crippen molar-refractivity contribution in [3.63, 3.8) is 0 Å². The van der Waals surface area contributed by atoms with E-state index in [0.717, 1.165) is 11.3 Å². The molecular formula is C25H21N3O3. The fourth-order valence-corrected chi connectivity index (χ4v) is 3.28. The molecule has 6 heteroatoms. The zero-order valence-corrected chi connectivity index (χ0v) is 17.2. The molecule has 0 radical (unpaired) electrons. The lowest BCUT2D eigenvalue weighted by molar-refractivity contribution is 0.101. The average Bonchev–Trinajstić information content (AvgIpc) is 3.25. The number of ether oxygens (including phenoxy) is 1. The predicted molar refractivity (Wildman–Crippen MR) is 120 cm³/mol. The van der Waals surface area contributed by atoms with Gasteiger partial charge in [0, 0.05) is 23.0 Å². The molecular weight excluding hydrogens is 390 g/mol. The normalized spacial score (nSPS) is 10.5. The van der Waals surface area contributed by atoms with Crippen LogP contribution >= 0.6 is 0 Å². The molecule has 0 bridgehead atoms. The maximum atomic E-state index is 13.2. The number of methoxy groups -OCH3 is 1. The summed E-state index contributed by atoms with van der Waals surface area (Å²) in [6, 6.07) is 23.8. The van der Waals surface area contributed by atoms with Crippen molar-refractivity contribution in [2.45, 2.75) is 6.92 Å². The predicted octanol–water partition coefficient (Wildman–Crippen LogP) is 5.00. The van der Waals surface area contributed by atoms with Gasteiger partial charge in [0.25, 0.3) is 5.91 Å². The molecule has 0 saturated heterocycles. The second-order valence-corrected chi connectivity index (χ2v) is 6.96. The number of amides is 1. The van der Waals surface area contributed by atoms with Crippen LogP contribution in [-0.2, 0) is 0 Å². The van der Waals surface area contributed by atoms with Crippen LogP contribution in [-0.4, -0.2) is 28.6 Å². The van der Waals surface area contributed by atoms with Gasteiger partial charge in [-0.05, 0) is 55.5 Å². The molecule has 4 rings (SSSR count). The minimum atomic E-state index is -0.307. The van der Waals surface area contributed by atoms with Crippen LogP contribution in [0.3, 0.4) is 0 Å². The van der Waals surface area contributed by atoms with Gasteiger partial charge in [0.2, 0.25) is 0 Å². The first-order valence-electron chi connectivity index (χ1n) is 9.77. The molecule has 0 fully saturated rings. The van der Waals surface area contributed by atoms with E-state index in [1.165, 1.54) is 6.92 Å². The minimum Gasteiger partial charge on any atom is -0.496 e. The number of carbonyl (C=O) groups excluding carboxylic acids is 2. The van der Waals surface area contributed by atoms with Gasteiger partial charge >= 0.3 is 0 Å². The van der Waals surface area contributed by atoms with Crippen molar-refractivity contribution in [2.75, 3.05) is 12.4 Å². The SMILES string of the molecule is COc1ccccc1-c1nn(-c2ccccc2)cc1C(=O)Nc1ccc(C(C)=O)cc1. The van der Waals surface area contributed by atoms with Crippen LogP contribution in [0.2, 0.25) is 0 Å². The van der Waals surface area contributed by atoms with Gasteiger partial charge in [-0.15, -0.1) is 0 Å². The highest BCUT2D eigenvalue weighted by atomic mass is 16.5. The van der Waals surface area contributed by atoms with E-state index in [1.54, 1.807) is 42.3 Å². The highest BCUT2D eigenvalue weighted by Crippen LogP contribution is 2.32. The number of Topliss-reactive ketones (excluding diaryl/α,β-unsaturated/α-hetero) is 1. The maximum Gasteiger partial charge on any atom is 0.259 e. The van der Waals surface area contributed by atoms with Gasteiger partial charge in [0.15, 0.2) is 5.78 Å². The summed E-state index contributed by atoms with van der Waals surface area (Å²) in [5.41, 5.74) is 3.65. The van der Waals surface area contributed by atoms with E-state index < -0.39 is 0 Å². The summed E-state index contributed by atoms with van der Waals surface area (Å²) >= 11 is 0. The molecule has 0 spiro atoms. The molecule has 1 aromatic heterocycles. The number of para-hydroxylation sites is 2. The Morgan fingerprint density at radius 3 is 2.26 bits per heavy atom. The van der Waals surface area contributed by atoms with Gasteiger partial charge in [0.05, 0.1) is 18.4 Å². The second-order valence-electron chi connectivity index (χ2n) is 6.96. The summed E-state index contributed by atoms with van der Waals surface area (Å²) < 4.78 is 7.17. The van der Waals surface area contributed by atoms with Crippen molar-refractivity contribution in [3.8, 4) is 22.7 Å². The lowest BCUT2D eigenvalue weighted by Crippen LogP contribution is -2.12. The van der Waals surface area contributed by atoms with E-state index in [4.69, 9.17) is 9.84 Å². The first-order chi connectivity index (χ1) is 15.1. The third-order valence-corrected chi connectivity index (χ3v) is 4.89. The number of rotatable bonds is 6. The number of hydrogen-bond acceptors (Lipinski definition) is 4. The van der Waals surface area contributed by atoms with Crippen molar-refractivity contribution in [2.24, 2.45) is 0 Å². The Morgan fingerprint density at radius 2 is 1.58 bits per heavy atom. The van der Waals surface area contributed by atoms with E-state index in [0.29, 0.717) is 28.3 Å². The third-order valence-electron chi connectivity index (χ3n) is 4.89. The lowest BCUT2D eigenvalue weighted by Gasteiger charge is -2.09. The molecule has 1 amide bonds. The third kappa shape index (κ3) is 4.23. The van der Waals surface area contributed by atoms with Gasteiger partial charge < -0.3 is 10.1 Å². The molecule has 0 aliphatic heterocycles. The molecule has 6 nitrogen and oxygen atoms in total. The minimum absolute atomic E-state index is 0.0273. The largest absolute Gasteiger partial charge is 0.496 e. The van der Waals surface area contributed by atoms with E-state index in [9.17, 15) is 9.59 Å². The van der Waals surface area contributed by atoms with Crippen molar-refractivity contribution in [1.29, 1.82) is 0 Å². The molecule has 3 aromatic carbocycles. The zero-order chi connectivity index (χ0) is 21.8. The molecule has 0 aliphatic rings. The molecule has 0 saturated carbocycles. The number of hydrogen-bond donors (Lipinski definition) is 1. The van der Waals surface area contributed by atoms with Gasteiger partial charge in [-0.3, -0.25) is 9.59 Å². The highest BCUT2D eigenvalue weighted by Gasteiger charge is 2.21. The number of nitrogens with zero attached hydrogens (tertiary/aromatic N) is 2. The second kappa shape index (κ2) is 8.67. The monoisotopic (exact) mass is 411 g/mol. The standard InChI is InChI=1S/C25H21N3O3/c1-17(29)18-12-14-19(15-13-18)26-25(30)22-16-28(20-8-4-3-5-9-20)27-24(22)21-10-6-7-11-23(21)31-2/h3-16H,1-2H3,(H,26,30). The van der Waals surface area contributed by atoms with E-state index in [1.807, 2.05) is 54.6 Å². The number of nitrogens with one attached hydrogen (secondary N) is 1. The van der Waals surface area contributed by atoms with Crippen LogP contribution in [0.5, 0.6) is 5.75 Å². The van der Waals surface area contributed by atoms with Crippen LogP contribution in [0.15, 0.2) is 85.1 Å². The van der Waals surface area contributed by atoms with Crippen molar-refractivity contribution in [1.82, 2.24) is 9.78 Å². The summed E-state index contributed by atoms with van der Waals surface area (Å²) in [6.45, 7) is 1.51. The summed E-state index contributed by atoms with van der Waals surface area (Å²) in [5.74, 6) is 0.291. The van der Waals surface area contributed by atoms with Crippen molar-refractivity contribution < 1.29 is 14.3 Å². The highest BCUT2D eigenvalue weighted by molar-refractivity contribution is 6.08. The summed E-state index contributed by atoms with van der Waals surface area (Å²) in [5, 5.41) is 7.58. The molecule has 4 aromatic rings. The number of benzene rings is 3. The first kappa shape index (κ1) is 20.1. The van der Waals surface area contributed by atoms with Crippen LogP contribution in [0.4, 0.5) is 5.69 Å². The number of anilines is 1. The fraction of sp³-hybridized carbons (Fsp3) is 0.0800. The summed E-state index contributed by atoms with van der Waals surface area (Å²) in [7, 11) is 1.59. The van der Waals surface area contributed by atoms with Crippen LogP contribution in [0.1, 0.15) is 27.6 Å². The molecule has 1 N–H and O–H groups in total. The van der Waals surface area contributed by atoms with Crippen LogP contribution < -0.4 is 10.1 Å². The van der Waals surface area contributed by atoms with E-state index >= 15 is 0 Å². The van der Waals surface area contributed by atoms with Gasteiger partial charge in [-0.2, -0.15) is 5.10 Å². The molecule has 0 unspecified atom stereocenters. The lowest BCUT2D eigenvalue weighted by atomic mass is 10.1. The van der Waals surface area contributed by atoms with Gasteiger partial charge in [-0.1, -0.05) is 30.3 Å². The molecule has 0 aliphatic carbocycles. The zero-order valence-electron chi connectivity index (χ0n) is 17.2. The fourth-order valence-electron chi connectivity index (χ4n) is 3.28. The van der Waals surface area contributed by atoms with Crippen molar-refractivity contribution in [3.05, 3.63) is 96.2 Å². The summed E-state index contributed by atoms with van der Waals surface area (Å²) in [6.07, 6.45) is 1.70. The Kier molecular flexibility index (Phi) is 5.62. The Balaban J connectivity index is 1.75. The Hall–Kier alpha value is -4.19. The Labute approximate surface area is 180 Å². The van der Waals surface area contributed by atoms with Gasteiger partial charge in [-0.25, -0.2) is 4.68 Å². The summed E-state index contributed by atoms with van der Waals surface area (Å²) in [4.78, 5) is 24.7. The quantitative estimate of drug-likeness (QED) is 0.453. The molecule has 0 atom stereocenters. The smallest absolute Gasteiger partial charge is 0.259 e. The first-order valence-corrected chi connectivity index (χ1v) is 9.77. The van der Waals surface area contributed by atoms with Crippen LogP contribution in [0.25, 0.3) is 16.9 Å². The topological polar surface area (TPSA) is 73.2 Å². The molecule has 154 valence electrons. The van der Waals surface area contributed by atoms with Gasteiger partial charge in [0.1, 0.15) is 11.4 Å². The Morgan fingerprint density at radius 1 is 0.903 bits per heavy atom. The van der Waals surface area contributed by atoms with E-state index in [-0.39, 0.29) is 11.7 Å². The van der Waals surface area contributed by atoms with Crippen LogP contribution in [0, 0.1) is 0 Å². The number of carbonyl (C=O) groups is 2. The van der Waals surface area contributed by atoms with E-state index in [2.05, 4.69) is 5.32 Å². The molecule has 1 heterocycles.